The number of anilines is 1. The fourth-order valence-electron chi connectivity index (χ4n) is 11.7. The zero-order valence-corrected chi connectivity index (χ0v) is 63.2. The summed E-state index contributed by atoms with van der Waals surface area (Å²) in [6.45, 7) is -2.62. The Morgan fingerprint density at radius 1 is 0.693 bits per heavy atom. The van der Waals surface area contributed by atoms with Crippen molar-refractivity contribution in [3.05, 3.63) is 92.8 Å². The van der Waals surface area contributed by atoms with Crippen LogP contribution in [-0.2, 0) is 87.4 Å². The molecule has 101 heavy (non-hydrogen) atoms. The molecule has 0 bridgehead atoms. The average Bonchev–Trinajstić information content (AvgIpc) is 0.755. The number of aliphatic hydroxyl groups excluding tert-OH is 5. The number of H-pyrrole nitrogens is 2. The summed E-state index contributed by atoms with van der Waals surface area (Å²) >= 11 is 0. The molecule has 2 saturated carbocycles. The molecule has 0 spiro atoms. The van der Waals surface area contributed by atoms with Gasteiger partial charge in [0.25, 0.3) is 11.5 Å². The zero-order chi connectivity index (χ0) is 71.6. The number of aliphatic carboxylic acids is 1. The van der Waals surface area contributed by atoms with E-state index >= 15 is 0 Å². The van der Waals surface area contributed by atoms with Gasteiger partial charge in [-0.25, -0.2) is 39.6 Å². The van der Waals surface area contributed by atoms with Crippen molar-refractivity contribution in [3.63, 3.8) is 0 Å². The normalized spacial score (nSPS) is 25.9. The molecule has 8 rings (SSSR count). The first-order valence-electron chi connectivity index (χ1n) is 30.4. The summed E-state index contributed by atoms with van der Waals surface area (Å²) in [6, 6.07) is 8.16. The molecule has 3 heterocycles. The van der Waals surface area contributed by atoms with Gasteiger partial charge in [-0.1, -0.05) is 50.3 Å². The van der Waals surface area contributed by atoms with Crippen LogP contribution in [0.3, 0.4) is 0 Å². The van der Waals surface area contributed by atoms with Gasteiger partial charge in [0.05, 0.1) is 64.0 Å². The van der Waals surface area contributed by atoms with E-state index in [9.17, 15) is 108 Å². The van der Waals surface area contributed by atoms with E-state index in [0.29, 0.717) is 31.0 Å². The first kappa shape index (κ1) is 87.3. The fraction of sp³-hybridized carbons (Fsp3) is 0.552. The molecule has 2 aliphatic heterocycles. The smallest absolute Gasteiger partial charge is 0.744 e. The van der Waals surface area contributed by atoms with Crippen molar-refractivity contribution in [2.24, 2.45) is 11.8 Å². The molecule has 540 valence electrons. The molecule has 37 nitrogen and oxygen atoms in total. The van der Waals surface area contributed by atoms with Crippen molar-refractivity contribution in [1.82, 2.24) is 25.9 Å². The summed E-state index contributed by atoms with van der Waals surface area (Å²) < 4.78 is 155. The van der Waals surface area contributed by atoms with Gasteiger partial charge in [-0.3, -0.25) is 29.0 Å². The molecular formula is C58H71N6Na3O31S3. The second-order valence-corrected chi connectivity index (χ2v) is 27.6. The number of aromatic amines is 2. The van der Waals surface area contributed by atoms with E-state index in [1.165, 1.54) is 31.2 Å². The van der Waals surface area contributed by atoms with Crippen LogP contribution in [0.5, 0.6) is 0 Å². The summed E-state index contributed by atoms with van der Waals surface area (Å²) in [6.07, 6.45) is -20.3. The van der Waals surface area contributed by atoms with E-state index < -0.39 is 245 Å². The van der Waals surface area contributed by atoms with Gasteiger partial charge in [0.15, 0.2) is 24.8 Å². The number of hydrogen-bond donors (Lipinski definition) is 12. The number of nitrogens with one attached hydrogen (secondary N) is 6. The zero-order valence-electron chi connectivity index (χ0n) is 54.7. The Labute approximate surface area is 642 Å². The summed E-state index contributed by atoms with van der Waals surface area (Å²) in [4.78, 5) is 107. The molecule has 0 unspecified atom stereocenters. The molecule has 12 N–H and O–H groups in total. The number of fused-ring (bicyclic) bond motifs is 1. The Morgan fingerprint density at radius 3 is 1.92 bits per heavy atom. The predicted octanol–water partition coefficient (Wildman–Crippen LogP) is -12.9. The van der Waals surface area contributed by atoms with E-state index in [2.05, 4.69) is 26.3 Å². The van der Waals surface area contributed by atoms with Gasteiger partial charge in [-0.15, -0.1) is 0 Å². The van der Waals surface area contributed by atoms with E-state index in [-0.39, 0.29) is 132 Å². The molecule has 4 fully saturated rings. The number of carbonyl (C=O) groups is 6. The minimum absolute atomic E-state index is 0. The Hall–Kier alpha value is -4.33. The quantitative estimate of drug-likeness (QED) is 0.0104. The van der Waals surface area contributed by atoms with Gasteiger partial charge < -0.3 is 108 Å². The van der Waals surface area contributed by atoms with Crippen LogP contribution in [0, 0.1) is 11.8 Å². The third kappa shape index (κ3) is 23.8. The Morgan fingerprint density at radius 2 is 1.32 bits per heavy atom. The van der Waals surface area contributed by atoms with Crippen LogP contribution < -0.4 is 121 Å². The van der Waals surface area contributed by atoms with Gasteiger partial charge in [0.1, 0.15) is 92.0 Å². The van der Waals surface area contributed by atoms with Crippen molar-refractivity contribution >= 4 is 82.4 Å². The average molecular weight is 1510 g/mol. The molecule has 0 radical (unpaired) electrons. The second kappa shape index (κ2) is 38.8. The van der Waals surface area contributed by atoms with Crippen LogP contribution in [0.25, 0.3) is 10.8 Å². The van der Waals surface area contributed by atoms with Gasteiger partial charge in [0.2, 0.25) is 17.7 Å². The third-order valence-corrected chi connectivity index (χ3v) is 19.0. The molecule has 4 aliphatic rings. The van der Waals surface area contributed by atoms with E-state index in [0.717, 1.165) is 25.3 Å². The predicted molar refractivity (Wildman–Crippen MR) is 323 cm³/mol. The number of amides is 4. The summed E-state index contributed by atoms with van der Waals surface area (Å²) in [7, 11) is -16.5. The maximum absolute atomic E-state index is 14.4. The van der Waals surface area contributed by atoms with Gasteiger partial charge >= 0.3 is 106 Å². The van der Waals surface area contributed by atoms with Crippen LogP contribution in [0.15, 0.2) is 84.9 Å². The minimum atomic E-state index is -5.65. The summed E-state index contributed by atoms with van der Waals surface area (Å²) in [5.74, 6) is -7.85. The number of aromatic nitrogens is 2. The van der Waals surface area contributed by atoms with Crippen LogP contribution in [0.4, 0.5) is 5.69 Å². The van der Waals surface area contributed by atoms with Crippen LogP contribution in [-0.4, -0.2) is 247 Å². The monoisotopic (exact) mass is 1510 g/mol. The SMILES string of the molecule is C[C@@H]1O[C@@H](O[C@@H]2[C@@H](NC(=O)c3cc(=O)[nH]c(=O)[nH]3)C[C@@H](C(=O)NCCNC(=O)COCCOCC(=O)Nc3cc(S(=O)(=O)[O-])cc4cc(S(=O)(=O)[O-])cc(S(=O)(=O)[O-])c34)C[C@H]2O[C@@H]2O[C@H](CO)[C@H](O)[C@H](O[C@@H](CC3CCCCC3)C(=O)O)[C@H]2OC(=O)c2ccccc2)[C@@H](O)[C@H](O)[C@@H]1O.[Na+].[Na+].[Na+]. The van der Waals surface area contributed by atoms with Crippen molar-refractivity contribution in [3.8, 4) is 0 Å². The van der Waals surface area contributed by atoms with Crippen LogP contribution in [0.1, 0.15) is 79.1 Å². The van der Waals surface area contributed by atoms with Crippen LogP contribution in [0.2, 0.25) is 0 Å². The van der Waals surface area contributed by atoms with Gasteiger partial charge in [-0.05, 0) is 73.9 Å². The van der Waals surface area contributed by atoms with E-state index in [1.807, 2.05) is 4.98 Å². The maximum Gasteiger partial charge on any atom is 1.00 e. The maximum atomic E-state index is 14.4. The molecule has 1 aromatic heterocycles. The topological polar surface area (TPSA) is 583 Å². The molecule has 15 atom stereocenters. The van der Waals surface area contributed by atoms with Crippen molar-refractivity contribution in [2.45, 2.75) is 159 Å². The summed E-state index contributed by atoms with van der Waals surface area (Å²) in [5, 5.41) is 74.2. The molecule has 4 aromatic rings. The number of benzene rings is 3. The van der Waals surface area contributed by atoms with Crippen molar-refractivity contribution in [2.75, 3.05) is 51.4 Å². The van der Waals surface area contributed by atoms with E-state index in [1.54, 1.807) is 6.07 Å². The molecule has 4 amide bonds. The molecular weight excluding hydrogens is 1440 g/mol. The molecule has 2 aliphatic carbocycles. The Kier molecular flexibility index (Phi) is 33.5. The Bertz CT molecular complexity index is 3990. The van der Waals surface area contributed by atoms with Crippen LogP contribution >= 0.6 is 0 Å². The molecule has 2 saturated heterocycles. The number of hydrogen-bond acceptors (Lipinski definition) is 30. The minimum Gasteiger partial charge on any atom is -0.744 e. The second-order valence-electron chi connectivity index (χ2n) is 23.5. The molecule has 3 aromatic carbocycles. The Balaban J connectivity index is 0.00000612. The largest absolute Gasteiger partial charge is 1.00 e. The number of carboxylic acids is 1. The standard InChI is InChI=1S/C58H74N6O31S3.3Na/c1-27-45(69)47(71)48(72)56(90-27)95-49-35(62-53(74)36-23-41(66)64-58(78)63-36)19-31(20-37(49)92-57-51(94-55(77)29-10-6-3-7-11-29)50(46(70)39(24-65)93-57)91-38(54(75)76)16-28-8-4-2-5-9-28)52(73)60-13-12-59-42(67)25-88-14-15-89-26-43(68)61-34-21-32(96(79,80)81)17-30-18-33(97(82,83)84)22-40(44(30)34)98(85,86)87;;;/h3,6-7,10-11,17-18,21-23,27-28,31,35,37-39,45-51,56-57,65,69-72H,2,4-5,8-9,12-16,19-20,24-26H2,1H3,(H,59,67)(H,60,73)(H,61,68)(H,62,74)(H,75,76)(H,79,80,81)(H,82,83,84)(H,85,86,87)(H2,63,64,66,78);;;/q;3*+1/p-3/t27-,31+,35-,37+,38-,39+,45+,46-,47+,48-,49+,50-,51+,56-,57+;;;/m0.../s1. The van der Waals surface area contributed by atoms with Crippen molar-refractivity contribution < 1.29 is 225 Å². The summed E-state index contributed by atoms with van der Waals surface area (Å²) in [5.41, 5.74) is -3.56. The number of rotatable bonds is 29. The first-order valence-corrected chi connectivity index (χ1v) is 34.7. The number of aliphatic hydroxyl groups is 5. The number of esters is 1. The third-order valence-electron chi connectivity index (χ3n) is 16.5. The molecule has 43 heteroatoms. The fourth-order valence-corrected chi connectivity index (χ4v) is 13.6. The number of carboxylic acid groups (broad SMARTS) is 1. The van der Waals surface area contributed by atoms with Crippen molar-refractivity contribution in [1.29, 1.82) is 0 Å². The first-order chi connectivity index (χ1) is 46.2. The van der Waals surface area contributed by atoms with Gasteiger partial charge in [0, 0.05) is 30.5 Å². The number of carbonyl (C=O) groups excluding carboxylic acids is 5. The van der Waals surface area contributed by atoms with E-state index in [4.69, 9.17) is 37.9 Å². The number of ether oxygens (including phenoxy) is 8. The van der Waals surface area contributed by atoms with Gasteiger partial charge in [-0.2, -0.15) is 0 Å².